The Labute approximate surface area is 158 Å². The highest BCUT2D eigenvalue weighted by atomic mass is 79.9. The average molecular weight is 414 g/mol. The van der Waals surface area contributed by atoms with Gasteiger partial charge in [0, 0.05) is 23.0 Å². The normalized spacial score (nSPS) is 18.7. The molecule has 8 heteroatoms. The van der Waals surface area contributed by atoms with Crippen LogP contribution in [0, 0.1) is 0 Å². The lowest BCUT2D eigenvalue weighted by atomic mass is 10.1. The number of halogens is 1. The number of aromatic nitrogens is 2. The van der Waals surface area contributed by atoms with E-state index in [0.29, 0.717) is 25.1 Å². The summed E-state index contributed by atoms with van der Waals surface area (Å²) in [6.07, 6.45) is 0.555. The summed E-state index contributed by atoms with van der Waals surface area (Å²) in [5.41, 5.74) is 8.74. The SMILES string of the molecule is NC1=N[C@@H](c2cccc(Br)c2)n2c(nc3cc4c(cc32)OCCCO4)N1. The minimum absolute atomic E-state index is 0.307. The second-order valence-corrected chi connectivity index (χ2v) is 7.13. The van der Waals surface area contributed by atoms with Gasteiger partial charge in [-0.1, -0.05) is 28.1 Å². The maximum atomic E-state index is 6.00. The summed E-state index contributed by atoms with van der Waals surface area (Å²) in [4.78, 5) is 9.29. The quantitative estimate of drug-likeness (QED) is 0.639. The van der Waals surface area contributed by atoms with E-state index in [1.807, 2.05) is 41.0 Å². The van der Waals surface area contributed by atoms with Gasteiger partial charge in [0.25, 0.3) is 0 Å². The van der Waals surface area contributed by atoms with E-state index < -0.39 is 0 Å². The van der Waals surface area contributed by atoms with Crippen molar-refractivity contribution in [2.75, 3.05) is 18.5 Å². The molecule has 0 spiro atoms. The monoisotopic (exact) mass is 413 g/mol. The van der Waals surface area contributed by atoms with Gasteiger partial charge < -0.3 is 15.2 Å². The van der Waals surface area contributed by atoms with Crippen molar-refractivity contribution in [3.8, 4) is 11.5 Å². The number of guanidine groups is 1. The molecule has 0 aliphatic carbocycles. The zero-order valence-electron chi connectivity index (χ0n) is 13.8. The summed E-state index contributed by atoms with van der Waals surface area (Å²) < 4.78 is 14.6. The van der Waals surface area contributed by atoms with Crippen LogP contribution in [0.25, 0.3) is 11.0 Å². The molecule has 1 aromatic heterocycles. The van der Waals surface area contributed by atoms with Crippen molar-refractivity contribution in [2.24, 2.45) is 10.7 Å². The van der Waals surface area contributed by atoms with Crippen LogP contribution in [0.2, 0.25) is 0 Å². The van der Waals surface area contributed by atoms with Crippen molar-refractivity contribution in [3.63, 3.8) is 0 Å². The molecular weight excluding hydrogens is 398 g/mol. The summed E-state index contributed by atoms with van der Waals surface area (Å²) in [5, 5.41) is 3.05. The molecule has 132 valence electrons. The van der Waals surface area contributed by atoms with Gasteiger partial charge in [-0.15, -0.1) is 0 Å². The summed E-state index contributed by atoms with van der Waals surface area (Å²) in [6.45, 7) is 1.28. The number of nitrogens with two attached hydrogens (primary N) is 1. The first-order valence-electron chi connectivity index (χ1n) is 8.36. The molecule has 2 aliphatic rings. The molecule has 0 saturated heterocycles. The van der Waals surface area contributed by atoms with Crippen molar-refractivity contribution >= 4 is 38.9 Å². The molecule has 0 saturated carbocycles. The van der Waals surface area contributed by atoms with Crippen molar-refractivity contribution in [3.05, 3.63) is 46.4 Å². The number of aliphatic imine (C=N–C) groups is 1. The van der Waals surface area contributed by atoms with E-state index in [9.17, 15) is 0 Å². The minimum atomic E-state index is -0.307. The molecule has 0 amide bonds. The van der Waals surface area contributed by atoms with Crippen LogP contribution in [0.5, 0.6) is 11.5 Å². The van der Waals surface area contributed by atoms with E-state index in [-0.39, 0.29) is 6.17 Å². The number of nitrogens with one attached hydrogen (secondary N) is 1. The number of nitrogens with zero attached hydrogens (tertiary/aromatic N) is 3. The van der Waals surface area contributed by atoms with Crippen LogP contribution in [0.1, 0.15) is 18.2 Å². The molecule has 0 bridgehead atoms. The van der Waals surface area contributed by atoms with E-state index >= 15 is 0 Å². The first-order valence-corrected chi connectivity index (χ1v) is 9.16. The molecule has 3 heterocycles. The van der Waals surface area contributed by atoms with E-state index in [4.69, 9.17) is 15.2 Å². The van der Waals surface area contributed by atoms with E-state index in [1.165, 1.54) is 0 Å². The van der Waals surface area contributed by atoms with Gasteiger partial charge >= 0.3 is 0 Å². The summed E-state index contributed by atoms with van der Waals surface area (Å²) in [7, 11) is 0. The molecule has 3 N–H and O–H groups in total. The van der Waals surface area contributed by atoms with Gasteiger partial charge in [0.05, 0.1) is 24.2 Å². The van der Waals surface area contributed by atoms with Crippen LogP contribution in [0.4, 0.5) is 5.95 Å². The molecule has 3 aromatic rings. The Kier molecular flexibility index (Phi) is 3.53. The highest BCUT2D eigenvalue weighted by Crippen LogP contribution is 2.39. The molecule has 0 radical (unpaired) electrons. The fourth-order valence-electron chi connectivity index (χ4n) is 3.31. The zero-order chi connectivity index (χ0) is 17.7. The molecular formula is C18H16BrN5O2. The fourth-order valence-corrected chi connectivity index (χ4v) is 3.73. The standard InChI is InChI=1S/C18H16BrN5O2/c19-11-4-1-3-10(7-11)16-22-17(20)23-18-21-12-8-14-15(9-13(12)24(16)18)26-6-2-5-25-14/h1,3-4,7-9,16H,2,5-6H2,(H3,20,21,22,23)/t16-/m1/s1. The lowest BCUT2D eigenvalue weighted by Gasteiger charge is -2.24. The lowest BCUT2D eigenvalue weighted by molar-refractivity contribution is 0.297. The number of imidazole rings is 1. The lowest BCUT2D eigenvalue weighted by Crippen LogP contribution is -2.31. The molecule has 1 atom stereocenters. The molecule has 0 fully saturated rings. The zero-order valence-corrected chi connectivity index (χ0v) is 15.4. The third-order valence-corrected chi connectivity index (χ3v) is 4.94. The van der Waals surface area contributed by atoms with Gasteiger partial charge in [-0.05, 0) is 17.7 Å². The van der Waals surface area contributed by atoms with Gasteiger partial charge in [0.1, 0.15) is 0 Å². The van der Waals surface area contributed by atoms with Crippen LogP contribution < -0.4 is 20.5 Å². The summed E-state index contributed by atoms with van der Waals surface area (Å²) in [6, 6.07) is 11.9. The maximum Gasteiger partial charge on any atom is 0.212 e. The molecule has 0 unspecified atom stereocenters. The average Bonchev–Trinajstić information content (AvgIpc) is 2.81. The van der Waals surface area contributed by atoms with Crippen molar-refractivity contribution in [1.82, 2.24) is 9.55 Å². The third-order valence-electron chi connectivity index (χ3n) is 4.45. The Morgan fingerprint density at radius 1 is 1.15 bits per heavy atom. The maximum absolute atomic E-state index is 6.00. The molecule has 5 rings (SSSR count). The van der Waals surface area contributed by atoms with Crippen LogP contribution in [-0.4, -0.2) is 28.7 Å². The number of ether oxygens (including phenoxy) is 2. The molecule has 2 aromatic carbocycles. The van der Waals surface area contributed by atoms with Crippen LogP contribution in [0.3, 0.4) is 0 Å². The summed E-state index contributed by atoms with van der Waals surface area (Å²) >= 11 is 3.53. The highest BCUT2D eigenvalue weighted by Gasteiger charge is 2.27. The van der Waals surface area contributed by atoms with E-state index in [0.717, 1.165) is 39.0 Å². The first-order chi connectivity index (χ1) is 12.7. The van der Waals surface area contributed by atoms with Gasteiger partial charge in [-0.25, -0.2) is 9.98 Å². The Balaban J connectivity index is 1.72. The second kappa shape index (κ2) is 5.91. The van der Waals surface area contributed by atoms with Crippen molar-refractivity contribution in [2.45, 2.75) is 12.6 Å². The Hall–Kier alpha value is -2.74. The van der Waals surface area contributed by atoms with Gasteiger partial charge in [-0.2, -0.15) is 0 Å². The van der Waals surface area contributed by atoms with Crippen LogP contribution in [0.15, 0.2) is 45.9 Å². The predicted molar refractivity (Wildman–Crippen MR) is 103 cm³/mol. The van der Waals surface area contributed by atoms with E-state index in [2.05, 4.69) is 31.2 Å². The smallest absolute Gasteiger partial charge is 0.212 e. The number of rotatable bonds is 1. The Morgan fingerprint density at radius 2 is 1.96 bits per heavy atom. The van der Waals surface area contributed by atoms with Gasteiger partial charge in [-0.3, -0.25) is 9.88 Å². The summed E-state index contributed by atoms with van der Waals surface area (Å²) in [5.74, 6) is 2.44. The van der Waals surface area contributed by atoms with Crippen LogP contribution in [-0.2, 0) is 0 Å². The molecule has 2 aliphatic heterocycles. The Morgan fingerprint density at radius 3 is 2.77 bits per heavy atom. The van der Waals surface area contributed by atoms with Crippen molar-refractivity contribution < 1.29 is 9.47 Å². The molecule has 7 nitrogen and oxygen atoms in total. The highest BCUT2D eigenvalue weighted by molar-refractivity contribution is 9.10. The second-order valence-electron chi connectivity index (χ2n) is 6.21. The van der Waals surface area contributed by atoms with Gasteiger partial charge in [0.15, 0.2) is 23.6 Å². The molecule has 26 heavy (non-hydrogen) atoms. The number of hydrogen-bond donors (Lipinski definition) is 2. The number of anilines is 1. The number of hydrogen-bond acceptors (Lipinski definition) is 6. The minimum Gasteiger partial charge on any atom is -0.489 e. The topological polar surface area (TPSA) is 86.7 Å². The fraction of sp³-hybridized carbons (Fsp3) is 0.222. The third kappa shape index (κ3) is 2.48. The largest absolute Gasteiger partial charge is 0.489 e. The number of benzene rings is 2. The Bertz CT molecular complexity index is 1050. The van der Waals surface area contributed by atoms with Crippen LogP contribution >= 0.6 is 15.9 Å². The number of fused-ring (bicyclic) bond motifs is 4. The predicted octanol–water partition coefficient (Wildman–Crippen LogP) is 3.25. The van der Waals surface area contributed by atoms with Gasteiger partial charge in [0.2, 0.25) is 5.95 Å². The van der Waals surface area contributed by atoms with Crippen molar-refractivity contribution in [1.29, 1.82) is 0 Å². The first kappa shape index (κ1) is 15.5. The van der Waals surface area contributed by atoms with E-state index in [1.54, 1.807) is 0 Å².